The van der Waals surface area contributed by atoms with Crippen molar-refractivity contribution in [2.75, 3.05) is 112 Å². The molecule has 0 aromatic heterocycles. The van der Waals surface area contributed by atoms with Crippen LogP contribution >= 0.6 is 40.7 Å². The molecule has 0 radical (unpaired) electrons. The Morgan fingerprint density at radius 2 is 0.803 bits per heavy atom. The third-order valence-electron chi connectivity index (χ3n) is 39.2. The van der Waals surface area contributed by atoms with Gasteiger partial charge in [-0.1, -0.05) is 96.4 Å². The van der Waals surface area contributed by atoms with Crippen molar-refractivity contribution in [1.82, 2.24) is 14.7 Å². The molecule has 6 spiro atoms. The molecule has 5 N–H and O–H groups in total. The number of aliphatic hydroxyl groups excluding tert-OH is 1. The number of rotatable bonds is 24. The minimum absolute atomic E-state index is 0. The Kier molecular flexibility index (Phi) is 31.2. The van der Waals surface area contributed by atoms with Crippen molar-refractivity contribution >= 4 is 47.2 Å². The van der Waals surface area contributed by atoms with Crippen molar-refractivity contribution in [3.8, 4) is 34.5 Å². The van der Waals surface area contributed by atoms with Gasteiger partial charge < -0.3 is 93.9 Å². The fourth-order valence-electron chi connectivity index (χ4n) is 31.3. The summed E-state index contributed by atoms with van der Waals surface area (Å²) in [6.45, 7) is 36.0. The van der Waals surface area contributed by atoms with Gasteiger partial charge in [-0.3, -0.25) is 19.5 Å². The number of methoxy groups -OCH3 is 3. The number of benzene rings is 3. The molecule has 26 rings (SSSR count). The first-order valence-corrected chi connectivity index (χ1v) is 51.0. The maximum Gasteiger partial charge on any atom is 1.00 e. The van der Waals surface area contributed by atoms with E-state index in [0.717, 1.165) is 208 Å². The summed E-state index contributed by atoms with van der Waals surface area (Å²) in [6.07, 6.45) is 29.8. The summed E-state index contributed by atoms with van der Waals surface area (Å²) < 4.78 is 76.3. The van der Waals surface area contributed by atoms with Crippen LogP contribution in [0.2, 0.25) is 0 Å². The number of aromatic hydroxyl groups is 1. The Labute approximate surface area is 893 Å². The Bertz CT molecular complexity index is 4600. The number of carbonyl (C=O) groups is 1. The summed E-state index contributed by atoms with van der Waals surface area (Å²) in [5, 5.41) is 66.7. The van der Waals surface area contributed by atoms with Crippen LogP contribution in [0.4, 0.5) is 0 Å². The summed E-state index contributed by atoms with van der Waals surface area (Å²) in [7, 11) is 5.55. The van der Waals surface area contributed by atoms with Gasteiger partial charge in [-0.15, -0.1) is 24.8 Å². The first-order valence-electron chi connectivity index (χ1n) is 49.8. The zero-order chi connectivity index (χ0) is 90.4. The molecule has 3 aromatic rings. The monoisotopic (exact) mass is 1990 g/mol. The van der Waals surface area contributed by atoms with Gasteiger partial charge in [0.2, 0.25) is 0 Å². The number of alkyl halides is 1. The van der Waals surface area contributed by atoms with Crippen molar-refractivity contribution in [2.45, 2.75) is 355 Å². The number of halogens is 3. The number of fused-ring (bicyclic) bond motifs is 6. The van der Waals surface area contributed by atoms with E-state index >= 15 is 0 Å². The molecule has 132 heavy (non-hydrogen) atoms. The average molecular weight is 2000 g/mol. The molecule has 17 fully saturated rings. The molecule has 3 aromatic carbocycles. The van der Waals surface area contributed by atoms with Gasteiger partial charge in [0, 0.05) is 145 Å². The molecule has 8 aliphatic heterocycles. The standard InChI is InChI=1S/C36H53NO6.C31H45NO5.C29H41NO4.C7H13BrO2.CH2O3.2ClH.2K.H/c1-32(2,3)33(4,38)26-21-34-13-14-36(26,39-5)31-35(34)15-16-37(22-23-9-10-23)27(34)20-24-11-12-25(30(43-31)29(24)35)40-18-19-42-28-8-6-7-17-41-28;1-27(2,3)28(4,34)22-17-29-10-11-31(22,35-5)26-30(29)12-13-32(18-19-6-7-19)23(29)16-20-8-9-21(36-15-14-33)25(37-26)24(20)30;1-25(2,3)26(4,32)20-15-27-10-11-29(20,33-5)24-28(27)12-13-30(16-17-6-7-17)21(27)14-18-8-9-19(31)23(34-24)22(18)28;8-4-6-10-7-3-1-2-5-9-7;2-1-4-3;;;;;/h11-12,23,26-28,31,38H,6-10,13-22H2,1-5H3;8-9,19,22-23,26,33-34H,6-7,10-18H2,1-5H3;8-9,17,20-21,24,31-32H,6-7,10-16H2,1-5H3;7H,1-6H2;1,3H;2*1H;;;/q;;;;;;;2*+1;-1/p-1/t26-,27?,28?,31?,33+,34-,35+,36-;22-,23?,26?,28+,29-,30+,31-;20-,21?,24?,26+,27-,28+,29-;;;;;;;/m001......./s1. The number of ether oxygens (including phenoxy) is 12. The topological polar surface area (TPSA) is 271 Å². The van der Waals surface area contributed by atoms with Crippen molar-refractivity contribution in [2.24, 2.45) is 68.0 Å². The van der Waals surface area contributed by atoms with Crippen LogP contribution in [0.3, 0.4) is 0 Å². The molecular formula is C104H156BrCl2K2N3O20. The Morgan fingerprint density at radius 1 is 0.470 bits per heavy atom. The number of phenols is 1. The summed E-state index contributed by atoms with van der Waals surface area (Å²) in [4.78, 5) is 19.8. The number of carbonyl (C=O) groups excluding carboxylic acids is 1. The van der Waals surface area contributed by atoms with E-state index in [1.54, 1.807) is 0 Å². The van der Waals surface area contributed by atoms with Crippen LogP contribution in [0.15, 0.2) is 36.4 Å². The van der Waals surface area contributed by atoms with E-state index in [4.69, 9.17) is 66.9 Å². The summed E-state index contributed by atoms with van der Waals surface area (Å²) in [6, 6.07) is 14.2. The molecule has 12 bridgehead atoms. The van der Waals surface area contributed by atoms with Gasteiger partial charge in [-0.05, 0) is 283 Å². The first-order chi connectivity index (χ1) is 61.0. The SMILES string of the molecule is BrCCOC1CCCCO1.CO[C@@]12CC[C@]3(C[C@H]1[C@@](C)(O)C(C)(C)C)C1Cc4ccc(OCCO)c5c4[C@]3(CCN1CC1CC1)C2O5.CO[C@@]12CC[C@]3(C[C@H]1[C@@](C)(O)C(C)(C)C)C1Cc4ccc(OCCOC5CCCCO5)c5c4[C@]3(CCN1CC1CC1)C2O5.CO[C@]12CC[C@@]3(C[C@@H]1[C@](C)(O)C(C)(C)C)C1Cc4ccc(O)c5c4[C@@]3(CCN1CC1CC1)C2O5.Cl.Cl.O=CO[O-].[H-].[K+].[K+]. The summed E-state index contributed by atoms with van der Waals surface area (Å²) in [5.74, 6) is 6.85. The van der Waals surface area contributed by atoms with Crippen LogP contribution in [-0.2, 0) is 78.3 Å². The third-order valence-corrected chi connectivity index (χ3v) is 39.6. The summed E-state index contributed by atoms with van der Waals surface area (Å²) >= 11 is 3.30. The predicted octanol–water partition coefficient (Wildman–Crippen LogP) is 9.45. The molecule has 15 aliphatic carbocycles. The second-order valence-corrected chi connectivity index (χ2v) is 47.8. The Morgan fingerprint density at radius 3 is 1.11 bits per heavy atom. The molecule has 23 nitrogen and oxygen atoms in total. The average Bonchev–Trinajstić information content (AvgIpc) is 0.783. The number of hydrogen-bond acceptors (Lipinski definition) is 23. The van der Waals surface area contributed by atoms with Crippen LogP contribution in [0.1, 0.15) is 272 Å². The smallest absolute Gasteiger partial charge is 1.00 e. The third kappa shape index (κ3) is 16.1. The fraction of sp³-hybridized carbons (Fsp3) is 0.817. The second kappa shape index (κ2) is 38.9. The Balaban J connectivity index is 0.000000147. The normalized spacial score (nSPS) is 38.4. The number of aliphatic hydroxyl groups is 4. The number of likely N-dealkylation sites (tertiary alicyclic amines) is 3. The van der Waals surface area contributed by atoms with Crippen LogP contribution in [0.25, 0.3) is 0 Å². The molecule has 8 unspecified atom stereocenters. The van der Waals surface area contributed by atoms with Crippen LogP contribution in [0.5, 0.6) is 34.5 Å². The van der Waals surface area contributed by atoms with E-state index in [2.05, 4.69) is 135 Å². The number of piperidine rings is 3. The summed E-state index contributed by atoms with van der Waals surface area (Å²) in [5.41, 5.74) is 2.69. The van der Waals surface area contributed by atoms with Gasteiger partial charge in [0.05, 0.1) is 36.6 Å². The van der Waals surface area contributed by atoms with Gasteiger partial charge in [-0.2, -0.15) is 0 Å². The van der Waals surface area contributed by atoms with E-state index in [1.165, 1.54) is 104 Å². The zero-order valence-corrected chi connectivity index (χ0v) is 92.0. The molecule has 23 aliphatic rings. The minimum Gasteiger partial charge on any atom is -1.00 e. The Hall–Kier alpha value is -0.337. The molecule has 5 saturated heterocycles. The molecule has 730 valence electrons. The first kappa shape index (κ1) is 106. The maximum atomic E-state index is 12.4. The van der Waals surface area contributed by atoms with Crippen LogP contribution in [-0.4, -0.2) is 242 Å². The van der Waals surface area contributed by atoms with E-state index in [-0.39, 0.29) is 252 Å². The van der Waals surface area contributed by atoms with Gasteiger partial charge in [-0.25, -0.2) is 0 Å². The molecular weight excluding hydrogens is 1840 g/mol. The van der Waals surface area contributed by atoms with Gasteiger partial charge >= 0.3 is 103 Å². The number of hydrogen-bond donors (Lipinski definition) is 5. The van der Waals surface area contributed by atoms with Crippen LogP contribution in [0, 0.1) is 68.0 Å². The molecule has 8 heterocycles. The largest absolute Gasteiger partial charge is 1.00 e. The number of nitrogens with zero attached hydrogens (tertiary/aromatic N) is 3. The van der Waals surface area contributed by atoms with Gasteiger partial charge in [0.15, 0.2) is 47.1 Å². The van der Waals surface area contributed by atoms with E-state index in [0.29, 0.717) is 37.1 Å². The van der Waals surface area contributed by atoms with Gasteiger partial charge in [0.25, 0.3) is 6.47 Å². The quantitative estimate of drug-likeness (QED) is 0.0139. The second-order valence-electron chi connectivity index (χ2n) is 47.0. The van der Waals surface area contributed by atoms with Crippen LogP contribution < -0.4 is 132 Å². The van der Waals surface area contributed by atoms with Crippen molar-refractivity contribution < 1.29 is 202 Å². The zero-order valence-electron chi connectivity index (χ0n) is 83.5. The number of phenolic OH excluding ortho intramolecular Hbond substituents is 1. The van der Waals surface area contributed by atoms with Gasteiger partial charge in [0.1, 0.15) is 48.3 Å². The van der Waals surface area contributed by atoms with E-state index in [9.17, 15) is 25.5 Å². The van der Waals surface area contributed by atoms with Crippen molar-refractivity contribution in [3.05, 3.63) is 69.8 Å². The fourth-order valence-corrected chi connectivity index (χ4v) is 31.5. The molecule has 28 heteroatoms. The van der Waals surface area contributed by atoms with Crippen molar-refractivity contribution in [1.29, 1.82) is 0 Å². The van der Waals surface area contributed by atoms with Crippen molar-refractivity contribution in [3.63, 3.8) is 0 Å². The molecule has 23 atom stereocenters. The van der Waals surface area contributed by atoms with E-state index < -0.39 is 33.6 Å². The van der Waals surface area contributed by atoms with E-state index in [1.807, 2.05) is 41.2 Å². The predicted molar refractivity (Wildman–Crippen MR) is 501 cm³/mol. The minimum atomic E-state index is -0.914. The molecule has 12 saturated carbocycles. The molecule has 0 amide bonds. The maximum absolute atomic E-state index is 12.4.